The maximum Gasteiger partial charge on any atom is 0.245 e. The van der Waals surface area contributed by atoms with Crippen LogP contribution in [-0.4, -0.2) is 30.8 Å². The largest absolute Gasteiger partial charge is 0.399 e. The molecule has 1 fully saturated rings. The van der Waals surface area contributed by atoms with Gasteiger partial charge in [0, 0.05) is 35.9 Å². The Bertz CT molecular complexity index is 721. The quantitative estimate of drug-likeness (QED) is 0.822. The summed E-state index contributed by atoms with van der Waals surface area (Å²) in [4.78, 5) is 3.33. The Hall–Kier alpha value is -1.53. The van der Waals surface area contributed by atoms with E-state index in [9.17, 15) is 8.42 Å². The topological polar surface area (TPSA) is 79.2 Å². The number of nitrogens with zero attached hydrogens (tertiary/aromatic N) is 1. The van der Waals surface area contributed by atoms with Gasteiger partial charge in [0.25, 0.3) is 0 Å². The van der Waals surface area contributed by atoms with Crippen LogP contribution in [0.15, 0.2) is 29.3 Å². The Kier molecular flexibility index (Phi) is 2.79. The molecule has 6 heteroatoms. The molecule has 3 rings (SSSR count). The fraction of sp³-hybridized carbons (Fsp3) is 0.385. The number of benzene rings is 1. The van der Waals surface area contributed by atoms with Crippen molar-refractivity contribution in [1.29, 1.82) is 0 Å². The van der Waals surface area contributed by atoms with Crippen molar-refractivity contribution in [2.24, 2.45) is 5.92 Å². The summed E-state index contributed by atoms with van der Waals surface area (Å²) in [6, 6.07) is 5.23. The van der Waals surface area contributed by atoms with Gasteiger partial charge in [-0.15, -0.1) is 0 Å². The van der Waals surface area contributed by atoms with E-state index in [-0.39, 0.29) is 0 Å². The summed E-state index contributed by atoms with van der Waals surface area (Å²) in [6.45, 7) is 3.28. The third kappa shape index (κ3) is 2.01. The Morgan fingerprint density at radius 1 is 1.42 bits per heavy atom. The lowest BCUT2D eigenvalue weighted by atomic mass is 10.2. The summed E-state index contributed by atoms with van der Waals surface area (Å²) in [7, 11) is -3.41. The number of sulfonamides is 1. The molecule has 2 heterocycles. The lowest BCUT2D eigenvalue weighted by Crippen LogP contribution is -2.28. The molecule has 0 saturated carbocycles. The summed E-state index contributed by atoms with van der Waals surface area (Å²) in [5.41, 5.74) is 7.08. The average molecular weight is 279 g/mol. The first-order valence-corrected chi connectivity index (χ1v) is 7.79. The predicted octanol–water partition coefficient (Wildman–Crippen LogP) is 1.78. The Morgan fingerprint density at radius 2 is 2.21 bits per heavy atom. The minimum absolute atomic E-state index is 0.344. The number of nitrogens with two attached hydrogens (primary N) is 1. The molecule has 1 unspecified atom stereocenters. The molecular formula is C13H17N3O2S. The standard InChI is InChI=1S/C13H17N3O2S/c1-9-4-5-16(8-9)19(17,18)13-7-15-12-6-10(14)2-3-11(12)13/h2-3,6-7,9,15H,4-5,8,14H2,1H3. The van der Waals surface area contributed by atoms with Gasteiger partial charge in [0.15, 0.2) is 0 Å². The molecule has 3 N–H and O–H groups in total. The lowest BCUT2D eigenvalue weighted by Gasteiger charge is -2.15. The zero-order valence-electron chi connectivity index (χ0n) is 10.8. The summed E-state index contributed by atoms with van der Waals surface area (Å²) in [5.74, 6) is 0.427. The molecule has 1 aromatic carbocycles. The van der Waals surface area contributed by atoms with Crippen molar-refractivity contribution in [3.63, 3.8) is 0 Å². The summed E-state index contributed by atoms with van der Waals surface area (Å²) in [6.07, 6.45) is 2.48. The van der Waals surface area contributed by atoms with E-state index in [2.05, 4.69) is 11.9 Å². The van der Waals surface area contributed by atoms with E-state index in [0.29, 0.717) is 35.0 Å². The molecule has 1 saturated heterocycles. The smallest absolute Gasteiger partial charge is 0.245 e. The van der Waals surface area contributed by atoms with Crippen LogP contribution in [-0.2, 0) is 10.0 Å². The first kappa shape index (κ1) is 12.5. The minimum Gasteiger partial charge on any atom is -0.399 e. The van der Waals surface area contributed by atoms with Crippen LogP contribution >= 0.6 is 0 Å². The molecule has 2 aromatic rings. The Labute approximate surface area is 112 Å². The van der Waals surface area contributed by atoms with Crippen molar-refractivity contribution >= 4 is 26.6 Å². The fourth-order valence-corrected chi connectivity index (χ4v) is 4.32. The zero-order chi connectivity index (χ0) is 13.6. The molecule has 0 amide bonds. The molecule has 1 atom stereocenters. The van der Waals surface area contributed by atoms with Gasteiger partial charge in [-0.3, -0.25) is 0 Å². The van der Waals surface area contributed by atoms with Gasteiger partial charge in [0.2, 0.25) is 10.0 Å². The van der Waals surface area contributed by atoms with Gasteiger partial charge in [-0.05, 0) is 30.5 Å². The number of nitrogen functional groups attached to an aromatic ring is 1. The molecule has 0 aliphatic carbocycles. The highest BCUT2D eigenvalue weighted by molar-refractivity contribution is 7.89. The summed E-state index contributed by atoms with van der Waals surface area (Å²) in [5, 5.41) is 0.703. The van der Waals surface area contributed by atoms with Crippen molar-refractivity contribution in [3.05, 3.63) is 24.4 Å². The zero-order valence-corrected chi connectivity index (χ0v) is 11.6. The van der Waals surface area contributed by atoms with Gasteiger partial charge < -0.3 is 10.7 Å². The van der Waals surface area contributed by atoms with E-state index in [1.54, 1.807) is 28.7 Å². The number of anilines is 1. The van der Waals surface area contributed by atoms with Crippen LogP contribution in [0.2, 0.25) is 0 Å². The lowest BCUT2D eigenvalue weighted by molar-refractivity contribution is 0.465. The first-order valence-electron chi connectivity index (χ1n) is 6.35. The second-order valence-electron chi connectivity index (χ2n) is 5.21. The van der Waals surface area contributed by atoms with Crippen molar-refractivity contribution in [1.82, 2.24) is 9.29 Å². The van der Waals surface area contributed by atoms with Crippen LogP contribution in [0.3, 0.4) is 0 Å². The number of fused-ring (bicyclic) bond motifs is 1. The summed E-state index contributed by atoms with van der Waals surface area (Å²) < 4.78 is 26.8. The Morgan fingerprint density at radius 3 is 2.89 bits per heavy atom. The van der Waals surface area contributed by atoms with Crippen molar-refractivity contribution in [2.45, 2.75) is 18.2 Å². The average Bonchev–Trinajstić information content (AvgIpc) is 2.95. The number of nitrogens with one attached hydrogen (secondary N) is 1. The van der Waals surface area contributed by atoms with Gasteiger partial charge in [-0.2, -0.15) is 4.31 Å². The second-order valence-corrected chi connectivity index (χ2v) is 7.12. The van der Waals surface area contributed by atoms with E-state index >= 15 is 0 Å². The third-order valence-electron chi connectivity index (χ3n) is 3.67. The number of aromatic nitrogens is 1. The maximum absolute atomic E-state index is 12.6. The normalized spacial score (nSPS) is 21.2. The molecule has 102 valence electrons. The van der Waals surface area contributed by atoms with E-state index in [4.69, 9.17) is 5.73 Å². The van der Waals surface area contributed by atoms with Crippen LogP contribution in [0.25, 0.3) is 10.9 Å². The molecule has 19 heavy (non-hydrogen) atoms. The fourth-order valence-electron chi connectivity index (χ4n) is 2.58. The van der Waals surface area contributed by atoms with E-state index in [1.165, 1.54) is 0 Å². The van der Waals surface area contributed by atoms with Gasteiger partial charge in [0.1, 0.15) is 4.90 Å². The maximum atomic E-state index is 12.6. The van der Waals surface area contributed by atoms with Crippen LogP contribution in [0.1, 0.15) is 13.3 Å². The number of H-pyrrole nitrogens is 1. The molecule has 1 aromatic heterocycles. The predicted molar refractivity (Wildman–Crippen MR) is 75.3 cm³/mol. The highest BCUT2D eigenvalue weighted by atomic mass is 32.2. The number of rotatable bonds is 2. The third-order valence-corrected chi connectivity index (χ3v) is 5.58. The number of hydrogen-bond acceptors (Lipinski definition) is 3. The van der Waals surface area contributed by atoms with Gasteiger partial charge in [-0.25, -0.2) is 8.42 Å². The molecule has 0 spiro atoms. The second kappa shape index (κ2) is 4.25. The van der Waals surface area contributed by atoms with E-state index < -0.39 is 10.0 Å². The number of aromatic amines is 1. The van der Waals surface area contributed by atoms with Crippen molar-refractivity contribution in [2.75, 3.05) is 18.8 Å². The van der Waals surface area contributed by atoms with Gasteiger partial charge >= 0.3 is 0 Å². The Balaban J connectivity index is 2.09. The molecule has 1 aliphatic rings. The highest BCUT2D eigenvalue weighted by Crippen LogP contribution is 2.29. The highest BCUT2D eigenvalue weighted by Gasteiger charge is 2.32. The van der Waals surface area contributed by atoms with Crippen LogP contribution in [0.5, 0.6) is 0 Å². The molecule has 1 aliphatic heterocycles. The van der Waals surface area contributed by atoms with Crippen molar-refractivity contribution < 1.29 is 8.42 Å². The summed E-state index contributed by atoms with van der Waals surface area (Å²) >= 11 is 0. The van der Waals surface area contributed by atoms with Crippen LogP contribution in [0, 0.1) is 5.92 Å². The molecule has 5 nitrogen and oxygen atoms in total. The molecule has 0 radical (unpaired) electrons. The first-order chi connectivity index (χ1) is 8.98. The van der Waals surface area contributed by atoms with E-state index in [1.807, 2.05) is 0 Å². The van der Waals surface area contributed by atoms with Crippen LogP contribution < -0.4 is 5.73 Å². The van der Waals surface area contributed by atoms with Gasteiger partial charge in [-0.1, -0.05) is 6.92 Å². The number of hydrogen-bond donors (Lipinski definition) is 2. The van der Waals surface area contributed by atoms with Crippen molar-refractivity contribution in [3.8, 4) is 0 Å². The van der Waals surface area contributed by atoms with Crippen LogP contribution in [0.4, 0.5) is 5.69 Å². The molecule has 0 bridgehead atoms. The minimum atomic E-state index is -3.41. The monoisotopic (exact) mass is 279 g/mol. The molecular weight excluding hydrogens is 262 g/mol. The SMILES string of the molecule is CC1CCN(S(=O)(=O)c2c[nH]c3cc(N)ccc23)C1. The van der Waals surface area contributed by atoms with Gasteiger partial charge in [0.05, 0.1) is 0 Å². The van der Waals surface area contributed by atoms with E-state index in [0.717, 1.165) is 11.9 Å².